The molecule has 7 heteroatoms. The summed E-state index contributed by atoms with van der Waals surface area (Å²) in [7, 11) is 0. The number of allylic oxidation sites excluding steroid dienone is 1. The van der Waals surface area contributed by atoms with Crippen molar-refractivity contribution in [1.29, 1.82) is 0 Å². The molecule has 0 aliphatic heterocycles. The van der Waals surface area contributed by atoms with Gasteiger partial charge in [0.05, 0.1) is 5.02 Å². The second-order valence-electron chi connectivity index (χ2n) is 2.97. The Balaban J connectivity index is 2.41. The highest BCUT2D eigenvalue weighted by Crippen LogP contribution is 2.18. The maximum absolute atomic E-state index is 11.9. The minimum Gasteiger partial charge on any atom is -0.219 e. The Bertz CT molecular complexity index is 544. The van der Waals surface area contributed by atoms with Crippen LogP contribution >= 0.6 is 11.6 Å². The van der Waals surface area contributed by atoms with E-state index in [-0.39, 0.29) is 11.9 Å². The molecule has 3 nitrogen and oxygen atoms in total. The maximum atomic E-state index is 11.9. The summed E-state index contributed by atoms with van der Waals surface area (Å²) in [5.74, 6) is -0.0366. The van der Waals surface area contributed by atoms with Crippen molar-refractivity contribution in [2.45, 2.75) is 6.18 Å². The van der Waals surface area contributed by atoms with E-state index in [1.165, 1.54) is 4.52 Å². The normalized spacial score (nSPS) is 12.8. The van der Waals surface area contributed by atoms with Gasteiger partial charge in [-0.25, -0.2) is 9.50 Å². The van der Waals surface area contributed by atoms with Gasteiger partial charge in [0, 0.05) is 12.3 Å². The van der Waals surface area contributed by atoms with E-state index in [4.69, 9.17) is 11.6 Å². The smallest absolute Gasteiger partial charge is 0.219 e. The number of nitrogens with zero attached hydrogens (tertiary/aromatic N) is 3. The number of hydrogen-bond acceptors (Lipinski definition) is 2. The summed E-state index contributed by atoms with van der Waals surface area (Å²) in [6, 6.07) is 3.21. The maximum Gasteiger partial charge on any atom is 0.409 e. The molecule has 2 heterocycles. The lowest BCUT2D eigenvalue weighted by atomic mass is 10.4. The predicted molar refractivity (Wildman–Crippen MR) is 53.1 cm³/mol. The Morgan fingerprint density at radius 2 is 2.12 bits per heavy atom. The molecule has 2 aromatic rings. The van der Waals surface area contributed by atoms with Crippen LogP contribution in [0.3, 0.4) is 0 Å². The Labute approximate surface area is 93.2 Å². The largest absolute Gasteiger partial charge is 0.409 e. The number of hydrogen-bond donors (Lipinski definition) is 0. The third kappa shape index (κ3) is 2.33. The fourth-order valence-corrected chi connectivity index (χ4v) is 1.33. The highest BCUT2D eigenvalue weighted by Gasteiger charge is 2.22. The molecule has 0 bridgehead atoms. The highest BCUT2D eigenvalue weighted by molar-refractivity contribution is 6.33. The Morgan fingerprint density at radius 3 is 2.75 bits per heavy atom. The summed E-state index contributed by atoms with van der Waals surface area (Å²) in [6.45, 7) is 0. The minimum atomic E-state index is -4.37. The van der Waals surface area contributed by atoms with Gasteiger partial charge in [0.25, 0.3) is 0 Å². The number of rotatable bonds is 1. The van der Waals surface area contributed by atoms with Gasteiger partial charge in [-0.3, -0.25) is 0 Å². The lowest BCUT2D eigenvalue weighted by molar-refractivity contribution is -0.0790. The molecule has 0 unspecified atom stereocenters. The van der Waals surface area contributed by atoms with Crippen LogP contribution in [0.25, 0.3) is 11.7 Å². The third-order valence-electron chi connectivity index (χ3n) is 1.75. The first-order chi connectivity index (χ1) is 7.46. The van der Waals surface area contributed by atoms with Crippen LogP contribution < -0.4 is 0 Å². The van der Waals surface area contributed by atoms with E-state index < -0.39 is 6.18 Å². The van der Waals surface area contributed by atoms with Crippen molar-refractivity contribution in [3.8, 4) is 0 Å². The van der Waals surface area contributed by atoms with Crippen LogP contribution in [0.4, 0.5) is 13.2 Å². The number of fused-ring (bicyclic) bond motifs is 1. The van der Waals surface area contributed by atoms with Crippen LogP contribution in [0.5, 0.6) is 0 Å². The Hall–Kier alpha value is -1.56. The molecular formula is C9H5ClF3N3. The molecule has 0 fully saturated rings. The first-order valence-electron chi connectivity index (χ1n) is 4.22. The van der Waals surface area contributed by atoms with Gasteiger partial charge >= 0.3 is 6.18 Å². The van der Waals surface area contributed by atoms with Crippen LogP contribution in [-0.4, -0.2) is 20.8 Å². The molecule has 0 aliphatic carbocycles. The van der Waals surface area contributed by atoms with Crippen molar-refractivity contribution in [3.63, 3.8) is 0 Å². The van der Waals surface area contributed by atoms with E-state index in [1.807, 2.05) is 0 Å². The van der Waals surface area contributed by atoms with Crippen LogP contribution in [0.1, 0.15) is 5.82 Å². The molecule has 0 atom stereocenters. The van der Waals surface area contributed by atoms with Crippen molar-refractivity contribution in [3.05, 3.63) is 35.3 Å². The average Bonchev–Trinajstić information content (AvgIpc) is 2.58. The molecular weight excluding hydrogens is 243 g/mol. The molecule has 0 saturated heterocycles. The topological polar surface area (TPSA) is 30.2 Å². The van der Waals surface area contributed by atoms with Crippen molar-refractivity contribution in [2.75, 3.05) is 0 Å². The monoisotopic (exact) mass is 247 g/mol. The van der Waals surface area contributed by atoms with Crippen LogP contribution in [0.15, 0.2) is 24.4 Å². The van der Waals surface area contributed by atoms with Gasteiger partial charge in [0.2, 0.25) is 0 Å². The average molecular weight is 248 g/mol. The molecule has 0 N–H and O–H groups in total. The fourth-order valence-electron chi connectivity index (χ4n) is 1.13. The molecule has 0 saturated carbocycles. The molecule has 0 spiro atoms. The van der Waals surface area contributed by atoms with E-state index in [2.05, 4.69) is 10.1 Å². The first-order valence-corrected chi connectivity index (χ1v) is 4.60. The molecule has 0 amide bonds. The van der Waals surface area contributed by atoms with Gasteiger partial charge in [0.15, 0.2) is 11.5 Å². The van der Waals surface area contributed by atoms with Gasteiger partial charge in [-0.15, -0.1) is 5.10 Å². The SMILES string of the molecule is FC(F)(F)C=Cc1nc2c(Cl)cccn2n1. The molecule has 0 aliphatic rings. The first kappa shape index (κ1) is 10.9. The minimum absolute atomic E-state index is 0.0366. The Morgan fingerprint density at radius 1 is 1.38 bits per heavy atom. The zero-order chi connectivity index (χ0) is 11.8. The van der Waals surface area contributed by atoms with E-state index >= 15 is 0 Å². The van der Waals surface area contributed by atoms with Crippen molar-refractivity contribution in [1.82, 2.24) is 14.6 Å². The van der Waals surface area contributed by atoms with E-state index in [0.29, 0.717) is 10.7 Å². The lowest BCUT2D eigenvalue weighted by Gasteiger charge is -1.94. The Kier molecular flexibility index (Phi) is 2.59. The fraction of sp³-hybridized carbons (Fsp3) is 0.111. The summed E-state index contributed by atoms with van der Waals surface area (Å²) in [6.07, 6.45) is -1.95. The summed E-state index contributed by atoms with van der Waals surface area (Å²) < 4.78 is 37.0. The highest BCUT2D eigenvalue weighted by atomic mass is 35.5. The van der Waals surface area contributed by atoms with E-state index in [0.717, 1.165) is 6.08 Å². The number of pyridine rings is 1. The molecule has 2 rings (SSSR count). The summed E-state index contributed by atoms with van der Waals surface area (Å²) >= 11 is 5.79. The number of alkyl halides is 3. The molecule has 84 valence electrons. The van der Waals surface area contributed by atoms with Crippen molar-refractivity contribution in [2.24, 2.45) is 0 Å². The molecule has 0 radical (unpaired) electrons. The molecule has 0 aromatic carbocycles. The predicted octanol–water partition coefficient (Wildman–Crippen LogP) is 2.96. The van der Waals surface area contributed by atoms with Crippen LogP contribution in [-0.2, 0) is 0 Å². The number of halogens is 4. The van der Waals surface area contributed by atoms with Gasteiger partial charge in [-0.1, -0.05) is 11.6 Å². The molecule has 2 aromatic heterocycles. The summed E-state index contributed by atoms with van der Waals surface area (Å²) in [4.78, 5) is 3.85. The van der Waals surface area contributed by atoms with Crippen LogP contribution in [0.2, 0.25) is 5.02 Å². The standard InChI is InChI=1S/C9H5ClF3N3/c10-6-2-1-5-16-8(6)14-7(15-16)3-4-9(11,12)13/h1-5H. The summed E-state index contributed by atoms with van der Waals surface area (Å²) in [5.41, 5.74) is 0.325. The number of aromatic nitrogens is 3. The lowest BCUT2D eigenvalue weighted by Crippen LogP contribution is -2.00. The van der Waals surface area contributed by atoms with Gasteiger partial charge in [0.1, 0.15) is 0 Å². The summed E-state index contributed by atoms with van der Waals surface area (Å²) in [5, 5.41) is 4.15. The zero-order valence-electron chi connectivity index (χ0n) is 7.74. The third-order valence-corrected chi connectivity index (χ3v) is 2.05. The quantitative estimate of drug-likeness (QED) is 0.776. The zero-order valence-corrected chi connectivity index (χ0v) is 8.50. The van der Waals surface area contributed by atoms with Crippen molar-refractivity contribution < 1.29 is 13.2 Å². The molecule has 16 heavy (non-hydrogen) atoms. The van der Waals surface area contributed by atoms with E-state index in [9.17, 15) is 13.2 Å². The second-order valence-corrected chi connectivity index (χ2v) is 3.38. The van der Waals surface area contributed by atoms with Gasteiger partial charge in [-0.2, -0.15) is 13.2 Å². The van der Waals surface area contributed by atoms with Crippen molar-refractivity contribution >= 4 is 23.3 Å². The van der Waals surface area contributed by atoms with Gasteiger partial charge < -0.3 is 0 Å². The van der Waals surface area contributed by atoms with Gasteiger partial charge in [-0.05, 0) is 18.2 Å². The van der Waals surface area contributed by atoms with E-state index in [1.54, 1.807) is 18.3 Å². The van der Waals surface area contributed by atoms with Crippen LogP contribution in [0, 0.1) is 0 Å². The second kappa shape index (κ2) is 3.79.